The van der Waals surface area contributed by atoms with E-state index in [1.807, 2.05) is 15.7 Å². The summed E-state index contributed by atoms with van der Waals surface area (Å²) < 4.78 is 6.83. The van der Waals surface area contributed by atoms with Gasteiger partial charge in [0.15, 0.2) is 0 Å². The Morgan fingerprint density at radius 3 is 2.86 bits per heavy atom. The van der Waals surface area contributed by atoms with Crippen LogP contribution in [-0.2, 0) is 22.6 Å². The Morgan fingerprint density at radius 2 is 2.14 bits per heavy atom. The SMILES string of the molecule is COCCNCc1cn(CC(=O)N2CCN(C)CC2)cn1. The van der Waals surface area contributed by atoms with Gasteiger partial charge in [-0.2, -0.15) is 0 Å². The number of nitrogens with zero attached hydrogens (tertiary/aromatic N) is 4. The van der Waals surface area contributed by atoms with E-state index in [4.69, 9.17) is 4.74 Å². The summed E-state index contributed by atoms with van der Waals surface area (Å²) in [4.78, 5) is 20.7. The van der Waals surface area contributed by atoms with Crippen molar-refractivity contribution in [3.63, 3.8) is 0 Å². The number of aromatic nitrogens is 2. The van der Waals surface area contributed by atoms with Crippen molar-refractivity contribution in [3.8, 4) is 0 Å². The van der Waals surface area contributed by atoms with Gasteiger partial charge >= 0.3 is 0 Å². The Hall–Kier alpha value is -1.44. The molecule has 1 aliphatic heterocycles. The molecule has 0 atom stereocenters. The van der Waals surface area contributed by atoms with Crippen molar-refractivity contribution < 1.29 is 9.53 Å². The summed E-state index contributed by atoms with van der Waals surface area (Å²) in [6.45, 7) is 6.07. The van der Waals surface area contributed by atoms with Crippen molar-refractivity contribution in [1.29, 1.82) is 0 Å². The molecular formula is C14H25N5O2. The van der Waals surface area contributed by atoms with Gasteiger partial charge in [-0.1, -0.05) is 0 Å². The third kappa shape index (κ3) is 5.11. The highest BCUT2D eigenvalue weighted by molar-refractivity contribution is 5.76. The average molecular weight is 295 g/mol. The molecule has 0 aromatic carbocycles. The normalized spacial score (nSPS) is 16.4. The Bertz CT molecular complexity index is 440. The minimum Gasteiger partial charge on any atom is -0.383 e. The number of amides is 1. The van der Waals surface area contributed by atoms with Gasteiger partial charge in [-0.05, 0) is 7.05 Å². The molecule has 1 aliphatic rings. The molecule has 0 radical (unpaired) electrons. The molecule has 2 heterocycles. The smallest absolute Gasteiger partial charge is 0.242 e. The van der Waals surface area contributed by atoms with E-state index in [1.54, 1.807) is 13.4 Å². The zero-order valence-electron chi connectivity index (χ0n) is 12.9. The van der Waals surface area contributed by atoms with Gasteiger partial charge < -0.3 is 24.4 Å². The fraction of sp³-hybridized carbons (Fsp3) is 0.714. The molecule has 1 amide bonds. The van der Waals surface area contributed by atoms with Crippen LogP contribution in [0.4, 0.5) is 0 Å². The van der Waals surface area contributed by atoms with Crippen molar-refractivity contribution in [2.45, 2.75) is 13.1 Å². The van der Waals surface area contributed by atoms with E-state index in [9.17, 15) is 4.79 Å². The second-order valence-electron chi connectivity index (χ2n) is 5.39. The molecule has 21 heavy (non-hydrogen) atoms. The fourth-order valence-electron chi connectivity index (χ4n) is 2.29. The molecule has 1 aromatic rings. The van der Waals surface area contributed by atoms with Crippen LogP contribution >= 0.6 is 0 Å². The molecule has 2 rings (SSSR count). The zero-order valence-corrected chi connectivity index (χ0v) is 12.9. The van der Waals surface area contributed by atoms with Gasteiger partial charge in [-0.25, -0.2) is 4.98 Å². The van der Waals surface area contributed by atoms with Crippen LogP contribution in [0.1, 0.15) is 5.69 Å². The summed E-state index contributed by atoms with van der Waals surface area (Å²) in [5, 5.41) is 3.24. The lowest BCUT2D eigenvalue weighted by Crippen LogP contribution is -2.48. The van der Waals surface area contributed by atoms with Crippen LogP contribution in [0.25, 0.3) is 0 Å². The Morgan fingerprint density at radius 1 is 1.38 bits per heavy atom. The minimum atomic E-state index is 0.166. The highest BCUT2D eigenvalue weighted by Gasteiger charge is 2.19. The standard InChI is InChI=1S/C14H25N5O2/c1-17-4-6-19(7-5-17)14(20)11-18-10-13(16-12-18)9-15-3-8-21-2/h10,12,15H,3-9,11H2,1-2H3. The Kier molecular flexibility index (Phi) is 6.16. The number of carbonyl (C=O) groups excluding carboxylic acids is 1. The van der Waals surface area contributed by atoms with Gasteiger partial charge in [-0.15, -0.1) is 0 Å². The van der Waals surface area contributed by atoms with Crippen LogP contribution in [0.2, 0.25) is 0 Å². The number of nitrogens with one attached hydrogen (secondary N) is 1. The lowest BCUT2D eigenvalue weighted by molar-refractivity contribution is -0.133. The monoisotopic (exact) mass is 295 g/mol. The van der Waals surface area contributed by atoms with E-state index in [0.29, 0.717) is 19.7 Å². The number of ether oxygens (including phenoxy) is 1. The van der Waals surface area contributed by atoms with Crippen molar-refractivity contribution >= 4 is 5.91 Å². The molecule has 0 unspecified atom stereocenters. The Labute approximate surface area is 125 Å². The molecule has 118 valence electrons. The van der Waals surface area contributed by atoms with E-state index >= 15 is 0 Å². The van der Waals surface area contributed by atoms with Crippen LogP contribution in [0.15, 0.2) is 12.5 Å². The number of hydrogen-bond acceptors (Lipinski definition) is 5. The lowest BCUT2D eigenvalue weighted by atomic mass is 10.3. The predicted octanol–water partition coefficient (Wildman–Crippen LogP) is -0.607. The molecule has 1 saturated heterocycles. The van der Waals surface area contributed by atoms with E-state index in [0.717, 1.165) is 38.4 Å². The number of methoxy groups -OCH3 is 1. The molecule has 0 aliphatic carbocycles. The fourth-order valence-corrected chi connectivity index (χ4v) is 2.29. The minimum absolute atomic E-state index is 0.166. The predicted molar refractivity (Wildman–Crippen MR) is 79.9 cm³/mol. The number of carbonyl (C=O) groups is 1. The molecule has 0 spiro atoms. The van der Waals surface area contributed by atoms with Gasteiger partial charge in [0.1, 0.15) is 6.54 Å². The molecule has 7 nitrogen and oxygen atoms in total. The third-order valence-corrected chi connectivity index (χ3v) is 3.65. The molecule has 0 bridgehead atoms. The van der Waals surface area contributed by atoms with E-state index < -0.39 is 0 Å². The average Bonchev–Trinajstić information content (AvgIpc) is 2.92. The van der Waals surface area contributed by atoms with Crippen LogP contribution < -0.4 is 5.32 Å². The number of imidazole rings is 1. The summed E-state index contributed by atoms with van der Waals surface area (Å²) >= 11 is 0. The van der Waals surface area contributed by atoms with Gasteiger partial charge in [0.05, 0.1) is 18.6 Å². The highest BCUT2D eigenvalue weighted by atomic mass is 16.5. The van der Waals surface area contributed by atoms with Crippen molar-refractivity contribution in [2.75, 3.05) is 53.5 Å². The maximum Gasteiger partial charge on any atom is 0.242 e. The van der Waals surface area contributed by atoms with Crippen molar-refractivity contribution in [1.82, 2.24) is 24.7 Å². The maximum absolute atomic E-state index is 12.2. The van der Waals surface area contributed by atoms with E-state index in [-0.39, 0.29) is 5.91 Å². The van der Waals surface area contributed by atoms with Crippen molar-refractivity contribution in [2.24, 2.45) is 0 Å². The van der Waals surface area contributed by atoms with Gasteiger partial charge in [-0.3, -0.25) is 4.79 Å². The third-order valence-electron chi connectivity index (χ3n) is 3.65. The second kappa shape index (κ2) is 8.11. The molecule has 1 aromatic heterocycles. The molecule has 1 N–H and O–H groups in total. The first kappa shape index (κ1) is 15.9. The first-order valence-corrected chi connectivity index (χ1v) is 7.35. The number of likely N-dealkylation sites (N-methyl/N-ethyl adjacent to an activating group) is 1. The summed E-state index contributed by atoms with van der Waals surface area (Å²) in [7, 11) is 3.76. The van der Waals surface area contributed by atoms with Gasteiger partial charge in [0.25, 0.3) is 0 Å². The summed E-state index contributed by atoms with van der Waals surface area (Å²) in [6, 6.07) is 0. The summed E-state index contributed by atoms with van der Waals surface area (Å²) in [5.41, 5.74) is 0.942. The first-order valence-electron chi connectivity index (χ1n) is 7.35. The second-order valence-corrected chi connectivity index (χ2v) is 5.39. The molecule has 7 heteroatoms. The van der Waals surface area contributed by atoms with E-state index in [1.165, 1.54) is 0 Å². The maximum atomic E-state index is 12.2. The summed E-state index contributed by atoms with van der Waals surface area (Å²) in [6.07, 6.45) is 3.65. The van der Waals surface area contributed by atoms with Gasteiger partial charge in [0, 0.05) is 52.6 Å². The first-order chi connectivity index (χ1) is 10.2. The van der Waals surface area contributed by atoms with Crippen LogP contribution in [0.5, 0.6) is 0 Å². The topological polar surface area (TPSA) is 62.6 Å². The largest absolute Gasteiger partial charge is 0.383 e. The molecule has 0 saturated carbocycles. The number of piperazine rings is 1. The van der Waals surface area contributed by atoms with Crippen molar-refractivity contribution in [3.05, 3.63) is 18.2 Å². The highest BCUT2D eigenvalue weighted by Crippen LogP contribution is 2.02. The summed E-state index contributed by atoms with van der Waals surface area (Å²) in [5.74, 6) is 0.166. The van der Waals surface area contributed by atoms with E-state index in [2.05, 4.69) is 22.2 Å². The number of hydrogen-bond donors (Lipinski definition) is 1. The van der Waals surface area contributed by atoms with Crippen LogP contribution in [-0.4, -0.2) is 78.7 Å². The lowest BCUT2D eigenvalue weighted by Gasteiger charge is -2.32. The zero-order chi connectivity index (χ0) is 15.1. The quantitative estimate of drug-likeness (QED) is 0.680. The molecular weight excluding hydrogens is 270 g/mol. The van der Waals surface area contributed by atoms with Crippen LogP contribution in [0, 0.1) is 0 Å². The molecule has 1 fully saturated rings. The number of rotatable bonds is 7. The Balaban J connectivity index is 1.75. The van der Waals surface area contributed by atoms with Crippen LogP contribution in [0.3, 0.4) is 0 Å². The van der Waals surface area contributed by atoms with Gasteiger partial charge in [0.2, 0.25) is 5.91 Å².